The predicted molar refractivity (Wildman–Crippen MR) is 79.3 cm³/mol. The zero-order chi connectivity index (χ0) is 12.9. The first kappa shape index (κ1) is 12.3. The van der Waals surface area contributed by atoms with Crippen LogP contribution in [0.3, 0.4) is 0 Å². The Morgan fingerprint density at radius 2 is 1.95 bits per heavy atom. The van der Waals surface area contributed by atoms with Gasteiger partial charge in [-0.2, -0.15) is 0 Å². The normalized spacial score (nSPS) is 10.9. The standard InChI is InChI=1S/C15H15N3S/c1-2-7-14-13(6-1)18-15(19-14)11-16-10-8-12-5-3-4-9-17-12/h1-7,9,16H,8,10-11H2. The second-order valence-electron chi connectivity index (χ2n) is 4.32. The molecule has 0 aliphatic rings. The predicted octanol–water partition coefficient (Wildman–Crippen LogP) is 3.02. The Labute approximate surface area is 116 Å². The number of aromatic nitrogens is 2. The fraction of sp³-hybridized carbons (Fsp3) is 0.200. The maximum atomic E-state index is 4.60. The molecular formula is C15H15N3S. The molecule has 0 aliphatic carbocycles. The van der Waals surface area contributed by atoms with Crippen molar-refractivity contribution in [3.05, 3.63) is 59.4 Å². The minimum Gasteiger partial charge on any atom is -0.310 e. The first-order chi connectivity index (χ1) is 9.42. The molecule has 0 radical (unpaired) electrons. The molecule has 2 aromatic heterocycles. The minimum atomic E-state index is 0.826. The van der Waals surface area contributed by atoms with Crippen LogP contribution in [0.25, 0.3) is 10.2 Å². The molecule has 0 bridgehead atoms. The van der Waals surface area contributed by atoms with Crippen molar-refractivity contribution in [2.24, 2.45) is 0 Å². The Hall–Kier alpha value is -1.78. The van der Waals surface area contributed by atoms with Crippen LogP contribution in [-0.2, 0) is 13.0 Å². The van der Waals surface area contributed by atoms with E-state index >= 15 is 0 Å². The molecule has 0 aliphatic heterocycles. The summed E-state index contributed by atoms with van der Waals surface area (Å²) < 4.78 is 1.25. The lowest BCUT2D eigenvalue weighted by Gasteiger charge is -2.01. The minimum absolute atomic E-state index is 0.826. The van der Waals surface area contributed by atoms with E-state index in [-0.39, 0.29) is 0 Å². The lowest BCUT2D eigenvalue weighted by Crippen LogP contribution is -2.16. The summed E-state index contributed by atoms with van der Waals surface area (Å²) in [5, 5.41) is 4.56. The molecule has 2 heterocycles. The Bertz CT molecular complexity index is 616. The number of fused-ring (bicyclic) bond motifs is 1. The molecule has 1 aromatic carbocycles. The van der Waals surface area contributed by atoms with Crippen LogP contribution in [0, 0.1) is 0 Å². The Morgan fingerprint density at radius 3 is 2.79 bits per heavy atom. The highest BCUT2D eigenvalue weighted by Crippen LogP contribution is 2.21. The van der Waals surface area contributed by atoms with Crippen LogP contribution < -0.4 is 5.32 Å². The van der Waals surface area contributed by atoms with Gasteiger partial charge in [-0.1, -0.05) is 18.2 Å². The highest BCUT2D eigenvalue weighted by atomic mass is 32.1. The zero-order valence-electron chi connectivity index (χ0n) is 10.5. The van der Waals surface area contributed by atoms with E-state index in [0.29, 0.717) is 0 Å². The van der Waals surface area contributed by atoms with Crippen molar-refractivity contribution in [3.63, 3.8) is 0 Å². The maximum absolute atomic E-state index is 4.60. The van der Waals surface area contributed by atoms with Crippen molar-refractivity contribution >= 4 is 21.6 Å². The number of benzene rings is 1. The van der Waals surface area contributed by atoms with Gasteiger partial charge in [0.05, 0.1) is 10.2 Å². The zero-order valence-corrected chi connectivity index (χ0v) is 11.4. The van der Waals surface area contributed by atoms with Gasteiger partial charge in [0.15, 0.2) is 0 Å². The van der Waals surface area contributed by atoms with Gasteiger partial charge in [0, 0.05) is 31.4 Å². The number of hydrogen-bond acceptors (Lipinski definition) is 4. The summed E-state index contributed by atoms with van der Waals surface area (Å²) in [7, 11) is 0. The summed E-state index contributed by atoms with van der Waals surface area (Å²) in [4.78, 5) is 8.90. The highest BCUT2D eigenvalue weighted by Gasteiger charge is 2.02. The fourth-order valence-corrected chi connectivity index (χ4v) is 2.89. The summed E-state index contributed by atoms with van der Waals surface area (Å²) in [6.07, 6.45) is 2.79. The molecule has 0 unspecified atom stereocenters. The molecule has 19 heavy (non-hydrogen) atoms. The van der Waals surface area contributed by atoms with Crippen LogP contribution in [0.2, 0.25) is 0 Å². The molecule has 4 heteroatoms. The lowest BCUT2D eigenvalue weighted by molar-refractivity contribution is 0.678. The van der Waals surface area contributed by atoms with E-state index in [9.17, 15) is 0 Å². The molecule has 0 spiro atoms. The number of hydrogen-bond donors (Lipinski definition) is 1. The Balaban J connectivity index is 1.52. The van der Waals surface area contributed by atoms with E-state index in [4.69, 9.17) is 0 Å². The number of nitrogens with zero attached hydrogens (tertiary/aromatic N) is 2. The summed E-state index contributed by atoms with van der Waals surface area (Å²) in [5.41, 5.74) is 2.22. The van der Waals surface area contributed by atoms with Gasteiger partial charge in [-0.3, -0.25) is 4.98 Å². The van der Waals surface area contributed by atoms with Crippen LogP contribution >= 0.6 is 11.3 Å². The van der Waals surface area contributed by atoms with E-state index in [2.05, 4.69) is 39.6 Å². The van der Waals surface area contributed by atoms with Gasteiger partial charge in [-0.15, -0.1) is 11.3 Å². The van der Waals surface area contributed by atoms with Gasteiger partial charge in [-0.25, -0.2) is 4.98 Å². The number of thiazole rings is 1. The molecule has 0 fully saturated rings. The lowest BCUT2D eigenvalue weighted by atomic mass is 10.3. The van der Waals surface area contributed by atoms with E-state index in [1.807, 2.05) is 24.4 Å². The number of nitrogens with one attached hydrogen (secondary N) is 1. The van der Waals surface area contributed by atoms with Crippen LogP contribution in [0.4, 0.5) is 0 Å². The summed E-state index contributed by atoms with van der Waals surface area (Å²) in [6.45, 7) is 1.75. The average Bonchev–Trinajstić information content (AvgIpc) is 2.87. The van der Waals surface area contributed by atoms with E-state index in [0.717, 1.165) is 35.7 Å². The van der Waals surface area contributed by atoms with E-state index in [1.54, 1.807) is 11.3 Å². The summed E-state index contributed by atoms with van der Waals surface area (Å²) in [6, 6.07) is 14.3. The third-order valence-corrected chi connectivity index (χ3v) is 3.93. The van der Waals surface area contributed by atoms with Gasteiger partial charge in [0.1, 0.15) is 5.01 Å². The Kier molecular flexibility index (Phi) is 3.81. The molecular weight excluding hydrogens is 254 g/mol. The topological polar surface area (TPSA) is 37.8 Å². The number of para-hydroxylation sites is 1. The fourth-order valence-electron chi connectivity index (χ4n) is 1.95. The van der Waals surface area contributed by atoms with Crippen LogP contribution in [-0.4, -0.2) is 16.5 Å². The van der Waals surface area contributed by atoms with Crippen LogP contribution in [0.1, 0.15) is 10.7 Å². The third kappa shape index (κ3) is 3.16. The monoisotopic (exact) mass is 269 g/mol. The second kappa shape index (κ2) is 5.91. The van der Waals surface area contributed by atoms with E-state index in [1.165, 1.54) is 4.70 Å². The van der Waals surface area contributed by atoms with Gasteiger partial charge < -0.3 is 5.32 Å². The quantitative estimate of drug-likeness (QED) is 0.723. The smallest absolute Gasteiger partial charge is 0.108 e. The van der Waals surface area contributed by atoms with Crippen molar-refractivity contribution in [2.75, 3.05) is 6.54 Å². The molecule has 1 N–H and O–H groups in total. The van der Waals surface area contributed by atoms with Crippen LogP contribution in [0.5, 0.6) is 0 Å². The molecule has 0 saturated carbocycles. The van der Waals surface area contributed by atoms with Crippen molar-refractivity contribution < 1.29 is 0 Å². The molecule has 3 nitrogen and oxygen atoms in total. The summed E-state index contributed by atoms with van der Waals surface area (Å²) in [5.74, 6) is 0. The number of pyridine rings is 1. The molecule has 3 rings (SSSR count). The molecule has 96 valence electrons. The molecule has 0 amide bonds. The molecule has 0 atom stereocenters. The second-order valence-corrected chi connectivity index (χ2v) is 5.44. The number of rotatable bonds is 5. The third-order valence-electron chi connectivity index (χ3n) is 2.90. The maximum Gasteiger partial charge on any atom is 0.108 e. The van der Waals surface area contributed by atoms with Crippen molar-refractivity contribution in [1.29, 1.82) is 0 Å². The Morgan fingerprint density at radius 1 is 1.05 bits per heavy atom. The first-order valence-electron chi connectivity index (χ1n) is 6.37. The molecule has 0 saturated heterocycles. The SMILES string of the molecule is c1ccc(CCNCc2nc3ccccc3s2)nc1. The van der Waals surface area contributed by atoms with Crippen molar-refractivity contribution in [1.82, 2.24) is 15.3 Å². The van der Waals surface area contributed by atoms with Crippen LogP contribution in [0.15, 0.2) is 48.7 Å². The van der Waals surface area contributed by atoms with Gasteiger partial charge in [0.2, 0.25) is 0 Å². The van der Waals surface area contributed by atoms with E-state index < -0.39 is 0 Å². The molecule has 3 aromatic rings. The first-order valence-corrected chi connectivity index (χ1v) is 7.18. The van der Waals surface area contributed by atoms with Gasteiger partial charge >= 0.3 is 0 Å². The van der Waals surface area contributed by atoms with Gasteiger partial charge in [0.25, 0.3) is 0 Å². The van der Waals surface area contributed by atoms with Crippen molar-refractivity contribution in [3.8, 4) is 0 Å². The average molecular weight is 269 g/mol. The van der Waals surface area contributed by atoms with Gasteiger partial charge in [-0.05, 0) is 24.3 Å². The summed E-state index contributed by atoms with van der Waals surface area (Å²) >= 11 is 1.75. The largest absolute Gasteiger partial charge is 0.310 e. The van der Waals surface area contributed by atoms with Crippen molar-refractivity contribution in [2.45, 2.75) is 13.0 Å². The highest BCUT2D eigenvalue weighted by molar-refractivity contribution is 7.18.